The molecule has 0 radical (unpaired) electrons. The van der Waals surface area contributed by atoms with Crippen LogP contribution in [0.4, 0.5) is 0 Å². The van der Waals surface area contributed by atoms with E-state index in [-0.39, 0.29) is 6.04 Å². The maximum atomic E-state index is 10.2. The number of aliphatic hydroxyl groups excluding tert-OH is 1. The Morgan fingerprint density at radius 2 is 1.95 bits per heavy atom. The van der Waals surface area contributed by atoms with E-state index in [0.29, 0.717) is 13.0 Å². The van der Waals surface area contributed by atoms with Crippen molar-refractivity contribution >= 4 is 11.3 Å². The lowest BCUT2D eigenvalue weighted by Gasteiger charge is -2.24. The summed E-state index contributed by atoms with van der Waals surface area (Å²) in [5, 5.41) is 14.4. The SMILES string of the molecule is CN(Cc1ccsc1)CC(O)C(N)Cc1ccccc1. The molecule has 0 aliphatic heterocycles. The van der Waals surface area contributed by atoms with E-state index in [1.54, 1.807) is 11.3 Å². The second-order valence-corrected chi connectivity index (χ2v) is 6.03. The summed E-state index contributed by atoms with van der Waals surface area (Å²) in [6.07, 6.45) is 0.188. The van der Waals surface area contributed by atoms with Crippen molar-refractivity contribution in [1.82, 2.24) is 4.90 Å². The summed E-state index contributed by atoms with van der Waals surface area (Å²) in [4.78, 5) is 2.11. The van der Waals surface area contributed by atoms with Crippen LogP contribution in [0.2, 0.25) is 0 Å². The largest absolute Gasteiger partial charge is 0.390 e. The maximum Gasteiger partial charge on any atom is 0.0820 e. The second kappa shape index (κ2) is 7.55. The third-order valence-electron chi connectivity index (χ3n) is 3.34. The first-order valence-corrected chi connectivity index (χ1v) is 7.76. The highest BCUT2D eigenvalue weighted by Crippen LogP contribution is 2.10. The molecule has 0 aliphatic rings. The van der Waals surface area contributed by atoms with Gasteiger partial charge in [0, 0.05) is 19.1 Å². The highest BCUT2D eigenvalue weighted by atomic mass is 32.1. The molecule has 4 heteroatoms. The monoisotopic (exact) mass is 290 g/mol. The minimum atomic E-state index is -0.515. The summed E-state index contributed by atoms with van der Waals surface area (Å²) in [6, 6.07) is 11.9. The third kappa shape index (κ3) is 4.72. The summed E-state index contributed by atoms with van der Waals surface area (Å²) in [7, 11) is 2.01. The first kappa shape index (κ1) is 15.2. The van der Waals surface area contributed by atoms with Crippen molar-refractivity contribution < 1.29 is 5.11 Å². The third-order valence-corrected chi connectivity index (χ3v) is 4.07. The molecule has 1 heterocycles. The minimum Gasteiger partial charge on any atom is -0.390 e. The van der Waals surface area contributed by atoms with Crippen molar-refractivity contribution in [2.75, 3.05) is 13.6 Å². The van der Waals surface area contributed by atoms with E-state index >= 15 is 0 Å². The number of nitrogens with zero attached hydrogens (tertiary/aromatic N) is 1. The van der Waals surface area contributed by atoms with Gasteiger partial charge in [-0.3, -0.25) is 4.90 Å². The van der Waals surface area contributed by atoms with Crippen LogP contribution in [-0.2, 0) is 13.0 Å². The Morgan fingerprint density at radius 3 is 2.60 bits per heavy atom. The Hall–Kier alpha value is -1.20. The van der Waals surface area contributed by atoms with E-state index in [2.05, 4.69) is 21.7 Å². The zero-order chi connectivity index (χ0) is 14.4. The normalized spacial score (nSPS) is 14.4. The van der Waals surface area contributed by atoms with Crippen LogP contribution in [0, 0.1) is 0 Å². The first-order valence-electron chi connectivity index (χ1n) is 6.82. The van der Waals surface area contributed by atoms with Crippen LogP contribution in [0.25, 0.3) is 0 Å². The molecule has 3 nitrogen and oxygen atoms in total. The van der Waals surface area contributed by atoms with Gasteiger partial charge in [-0.2, -0.15) is 11.3 Å². The molecule has 1 aromatic carbocycles. The fraction of sp³-hybridized carbons (Fsp3) is 0.375. The number of nitrogens with two attached hydrogens (primary N) is 1. The van der Waals surface area contributed by atoms with Crippen LogP contribution in [0.15, 0.2) is 47.2 Å². The van der Waals surface area contributed by atoms with Crippen LogP contribution < -0.4 is 5.73 Å². The van der Waals surface area contributed by atoms with Gasteiger partial charge in [0.2, 0.25) is 0 Å². The van der Waals surface area contributed by atoms with E-state index in [9.17, 15) is 5.11 Å². The van der Waals surface area contributed by atoms with Crippen molar-refractivity contribution in [1.29, 1.82) is 0 Å². The molecule has 0 aliphatic carbocycles. The highest BCUT2D eigenvalue weighted by Gasteiger charge is 2.17. The molecule has 1 aromatic heterocycles. The average molecular weight is 290 g/mol. The summed E-state index contributed by atoms with van der Waals surface area (Å²) >= 11 is 1.69. The van der Waals surface area contributed by atoms with E-state index < -0.39 is 6.10 Å². The maximum absolute atomic E-state index is 10.2. The highest BCUT2D eigenvalue weighted by molar-refractivity contribution is 7.07. The van der Waals surface area contributed by atoms with Crippen LogP contribution >= 0.6 is 11.3 Å². The van der Waals surface area contributed by atoms with E-state index in [1.807, 2.05) is 37.4 Å². The van der Waals surface area contributed by atoms with Crippen molar-refractivity contribution in [3.05, 3.63) is 58.3 Å². The topological polar surface area (TPSA) is 49.5 Å². The summed E-state index contributed by atoms with van der Waals surface area (Å²) in [5.41, 5.74) is 8.54. The second-order valence-electron chi connectivity index (χ2n) is 5.25. The molecule has 0 saturated carbocycles. The van der Waals surface area contributed by atoms with E-state index in [0.717, 1.165) is 6.54 Å². The van der Waals surface area contributed by atoms with Gasteiger partial charge in [-0.05, 0) is 41.4 Å². The number of hydrogen-bond acceptors (Lipinski definition) is 4. The lowest BCUT2D eigenvalue weighted by Crippen LogP contribution is -2.43. The number of likely N-dealkylation sites (N-methyl/N-ethyl adjacent to an activating group) is 1. The van der Waals surface area contributed by atoms with Crippen molar-refractivity contribution in [2.24, 2.45) is 5.73 Å². The van der Waals surface area contributed by atoms with Gasteiger partial charge in [0.25, 0.3) is 0 Å². The van der Waals surface area contributed by atoms with Gasteiger partial charge in [0.15, 0.2) is 0 Å². The fourth-order valence-corrected chi connectivity index (χ4v) is 2.90. The zero-order valence-corrected chi connectivity index (χ0v) is 12.6. The Bertz CT molecular complexity index is 486. The lowest BCUT2D eigenvalue weighted by molar-refractivity contribution is 0.0993. The van der Waals surface area contributed by atoms with Gasteiger partial charge in [0.05, 0.1) is 6.10 Å². The molecule has 20 heavy (non-hydrogen) atoms. The quantitative estimate of drug-likeness (QED) is 0.821. The molecule has 3 N–H and O–H groups in total. The predicted molar refractivity (Wildman–Crippen MR) is 84.8 cm³/mol. The number of thiophene rings is 1. The van der Waals surface area contributed by atoms with E-state index in [1.165, 1.54) is 11.1 Å². The van der Waals surface area contributed by atoms with E-state index in [4.69, 9.17) is 5.73 Å². The number of hydrogen-bond donors (Lipinski definition) is 2. The lowest BCUT2D eigenvalue weighted by atomic mass is 10.0. The number of benzene rings is 1. The molecule has 2 rings (SSSR count). The molecule has 2 atom stereocenters. The molecule has 0 bridgehead atoms. The molecular formula is C16H22N2OS. The number of rotatable bonds is 7. The molecule has 0 saturated heterocycles. The van der Waals surface area contributed by atoms with Crippen molar-refractivity contribution in [2.45, 2.75) is 25.1 Å². The molecule has 0 amide bonds. The van der Waals surface area contributed by atoms with Gasteiger partial charge in [-0.15, -0.1) is 0 Å². The Kier molecular flexibility index (Phi) is 5.73. The van der Waals surface area contributed by atoms with Crippen LogP contribution in [-0.4, -0.2) is 35.7 Å². The molecule has 2 aromatic rings. The van der Waals surface area contributed by atoms with Crippen molar-refractivity contribution in [3.8, 4) is 0 Å². The van der Waals surface area contributed by atoms with Gasteiger partial charge >= 0.3 is 0 Å². The average Bonchev–Trinajstić information content (AvgIpc) is 2.92. The smallest absolute Gasteiger partial charge is 0.0820 e. The van der Waals surface area contributed by atoms with Gasteiger partial charge in [-0.25, -0.2) is 0 Å². The summed E-state index contributed by atoms with van der Waals surface area (Å²) in [6.45, 7) is 1.43. The molecule has 2 unspecified atom stereocenters. The Morgan fingerprint density at radius 1 is 1.20 bits per heavy atom. The molecular weight excluding hydrogens is 268 g/mol. The van der Waals surface area contributed by atoms with Crippen molar-refractivity contribution in [3.63, 3.8) is 0 Å². The van der Waals surface area contributed by atoms with Gasteiger partial charge in [-0.1, -0.05) is 30.3 Å². The summed E-state index contributed by atoms with van der Waals surface area (Å²) in [5.74, 6) is 0. The zero-order valence-electron chi connectivity index (χ0n) is 11.8. The molecule has 0 fully saturated rings. The minimum absolute atomic E-state index is 0.234. The van der Waals surface area contributed by atoms with Gasteiger partial charge < -0.3 is 10.8 Å². The van der Waals surface area contributed by atoms with Gasteiger partial charge in [0.1, 0.15) is 0 Å². The Labute approximate surface area is 124 Å². The Balaban J connectivity index is 1.80. The fourth-order valence-electron chi connectivity index (χ4n) is 2.24. The summed E-state index contributed by atoms with van der Waals surface area (Å²) < 4.78 is 0. The predicted octanol–water partition coefficient (Wildman–Crippen LogP) is 2.11. The molecule has 108 valence electrons. The van der Waals surface area contributed by atoms with Crippen LogP contribution in [0.3, 0.4) is 0 Å². The standard InChI is InChI=1S/C16H22N2OS/c1-18(10-14-7-8-20-12-14)11-16(19)15(17)9-13-5-3-2-4-6-13/h2-8,12,15-16,19H,9-11,17H2,1H3. The van der Waals surface area contributed by atoms with Crippen LogP contribution in [0.1, 0.15) is 11.1 Å². The number of aliphatic hydroxyl groups is 1. The van der Waals surface area contributed by atoms with Crippen LogP contribution in [0.5, 0.6) is 0 Å². The molecule has 0 spiro atoms. The first-order chi connectivity index (χ1) is 9.65.